The molecule has 2 aromatic rings. The van der Waals surface area contributed by atoms with E-state index in [4.69, 9.17) is 0 Å². The molecule has 0 fully saturated rings. The number of nitrogens with zero attached hydrogens (tertiary/aromatic N) is 1. The third-order valence-corrected chi connectivity index (χ3v) is 3.08. The molecule has 1 aromatic heterocycles. The van der Waals surface area contributed by atoms with Gasteiger partial charge in [-0.25, -0.2) is 0 Å². The molecule has 0 atom stereocenters. The summed E-state index contributed by atoms with van der Waals surface area (Å²) >= 11 is 0. The van der Waals surface area contributed by atoms with Crippen LogP contribution in [-0.2, 0) is 12.8 Å². The topological polar surface area (TPSA) is 4.93 Å². The SMILES string of the molecule is c1ccc2c(c1)CC(n1cccc1)C2. The number of hydrogen-bond acceptors (Lipinski definition) is 0. The van der Waals surface area contributed by atoms with E-state index in [1.165, 1.54) is 24.0 Å². The van der Waals surface area contributed by atoms with Crippen LogP contribution < -0.4 is 0 Å². The molecular formula is C13H13N. The molecule has 0 N–H and O–H groups in total. The van der Waals surface area contributed by atoms with Crippen molar-refractivity contribution in [2.24, 2.45) is 0 Å². The summed E-state index contributed by atoms with van der Waals surface area (Å²) in [4.78, 5) is 0. The molecule has 0 amide bonds. The third-order valence-electron chi connectivity index (χ3n) is 3.08. The fourth-order valence-electron chi connectivity index (χ4n) is 2.34. The first-order valence-corrected chi connectivity index (χ1v) is 5.13. The summed E-state index contributed by atoms with van der Waals surface area (Å²) in [5, 5.41) is 0. The van der Waals surface area contributed by atoms with Crippen LogP contribution in [0.1, 0.15) is 17.2 Å². The van der Waals surface area contributed by atoms with E-state index in [1.54, 1.807) is 0 Å². The summed E-state index contributed by atoms with van der Waals surface area (Å²) < 4.78 is 2.32. The van der Waals surface area contributed by atoms with Gasteiger partial charge in [0.15, 0.2) is 0 Å². The van der Waals surface area contributed by atoms with Crippen molar-refractivity contribution in [3.05, 3.63) is 59.9 Å². The molecule has 1 heterocycles. The minimum Gasteiger partial charge on any atom is -0.351 e. The number of aromatic nitrogens is 1. The van der Waals surface area contributed by atoms with E-state index in [0.717, 1.165) is 0 Å². The molecule has 14 heavy (non-hydrogen) atoms. The van der Waals surface area contributed by atoms with Gasteiger partial charge in [0.25, 0.3) is 0 Å². The van der Waals surface area contributed by atoms with Crippen molar-refractivity contribution < 1.29 is 0 Å². The lowest BCUT2D eigenvalue weighted by atomic mass is 10.1. The van der Waals surface area contributed by atoms with Crippen molar-refractivity contribution in [1.29, 1.82) is 0 Å². The van der Waals surface area contributed by atoms with Gasteiger partial charge in [-0.3, -0.25) is 0 Å². The minimum absolute atomic E-state index is 0.641. The summed E-state index contributed by atoms with van der Waals surface area (Å²) in [6, 6.07) is 13.6. The quantitative estimate of drug-likeness (QED) is 0.640. The molecule has 3 rings (SSSR count). The van der Waals surface area contributed by atoms with Crippen LogP contribution in [0, 0.1) is 0 Å². The summed E-state index contributed by atoms with van der Waals surface area (Å²) in [7, 11) is 0. The predicted molar refractivity (Wildman–Crippen MR) is 57.3 cm³/mol. The first-order chi connectivity index (χ1) is 6.93. The van der Waals surface area contributed by atoms with Crippen molar-refractivity contribution in [1.82, 2.24) is 4.57 Å². The molecule has 0 spiro atoms. The van der Waals surface area contributed by atoms with Gasteiger partial charge in [-0.05, 0) is 36.1 Å². The number of fused-ring (bicyclic) bond motifs is 1. The second-order valence-electron chi connectivity index (χ2n) is 3.96. The van der Waals surface area contributed by atoms with Gasteiger partial charge >= 0.3 is 0 Å². The van der Waals surface area contributed by atoms with E-state index in [9.17, 15) is 0 Å². The van der Waals surface area contributed by atoms with Crippen LogP contribution in [0.4, 0.5) is 0 Å². The van der Waals surface area contributed by atoms with Gasteiger partial charge in [0.1, 0.15) is 0 Å². The minimum atomic E-state index is 0.641. The lowest BCUT2D eigenvalue weighted by Gasteiger charge is -2.10. The first-order valence-electron chi connectivity index (χ1n) is 5.13. The second-order valence-corrected chi connectivity index (χ2v) is 3.96. The molecule has 70 valence electrons. The molecule has 0 bridgehead atoms. The van der Waals surface area contributed by atoms with Crippen LogP contribution in [-0.4, -0.2) is 4.57 Å². The Kier molecular flexibility index (Phi) is 1.69. The molecule has 0 radical (unpaired) electrons. The molecule has 0 unspecified atom stereocenters. The maximum absolute atomic E-state index is 2.32. The smallest absolute Gasteiger partial charge is 0.0411 e. The average molecular weight is 183 g/mol. The lowest BCUT2D eigenvalue weighted by molar-refractivity contribution is 0.532. The van der Waals surface area contributed by atoms with Crippen molar-refractivity contribution in [3.8, 4) is 0 Å². The molecule has 1 heteroatoms. The van der Waals surface area contributed by atoms with Gasteiger partial charge in [-0.2, -0.15) is 0 Å². The first kappa shape index (κ1) is 7.86. The highest BCUT2D eigenvalue weighted by atomic mass is 15.0. The van der Waals surface area contributed by atoms with Gasteiger partial charge in [-0.15, -0.1) is 0 Å². The van der Waals surface area contributed by atoms with Gasteiger partial charge in [0, 0.05) is 18.4 Å². The fourth-order valence-corrected chi connectivity index (χ4v) is 2.34. The molecule has 0 aliphatic heterocycles. The van der Waals surface area contributed by atoms with E-state index in [0.29, 0.717) is 6.04 Å². The van der Waals surface area contributed by atoms with E-state index >= 15 is 0 Å². The highest BCUT2D eigenvalue weighted by molar-refractivity contribution is 5.32. The van der Waals surface area contributed by atoms with E-state index in [-0.39, 0.29) is 0 Å². The molecule has 0 saturated heterocycles. The molecular weight excluding hydrogens is 170 g/mol. The third kappa shape index (κ3) is 1.17. The Labute approximate surface area is 84.0 Å². The Morgan fingerprint density at radius 3 is 2.00 bits per heavy atom. The second kappa shape index (κ2) is 3.02. The molecule has 1 nitrogen and oxygen atoms in total. The highest BCUT2D eigenvalue weighted by Gasteiger charge is 2.21. The molecule has 1 aliphatic rings. The fraction of sp³-hybridized carbons (Fsp3) is 0.231. The summed E-state index contributed by atoms with van der Waals surface area (Å²) in [6.07, 6.45) is 6.70. The Morgan fingerprint density at radius 2 is 1.43 bits per heavy atom. The Balaban J connectivity index is 1.92. The number of hydrogen-bond donors (Lipinski definition) is 0. The molecule has 1 aliphatic carbocycles. The van der Waals surface area contributed by atoms with Crippen molar-refractivity contribution >= 4 is 0 Å². The summed E-state index contributed by atoms with van der Waals surface area (Å²) in [6.45, 7) is 0. The zero-order valence-electron chi connectivity index (χ0n) is 8.06. The average Bonchev–Trinajstić information content (AvgIpc) is 2.86. The van der Waals surface area contributed by atoms with Crippen LogP contribution in [0.5, 0.6) is 0 Å². The maximum Gasteiger partial charge on any atom is 0.0411 e. The summed E-state index contributed by atoms with van der Waals surface area (Å²) in [5.74, 6) is 0. The largest absolute Gasteiger partial charge is 0.351 e. The van der Waals surface area contributed by atoms with Crippen molar-refractivity contribution in [2.45, 2.75) is 18.9 Å². The Hall–Kier alpha value is -1.50. The summed E-state index contributed by atoms with van der Waals surface area (Å²) in [5.41, 5.74) is 3.04. The lowest BCUT2D eigenvalue weighted by Crippen LogP contribution is -2.05. The van der Waals surface area contributed by atoms with Crippen molar-refractivity contribution in [2.75, 3.05) is 0 Å². The van der Waals surface area contributed by atoms with E-state index in [1.807, 2.05) is 0 Å². The Bertz CT molecular complexity index is 403. The van der Waals surface area contributed by atoms with Crippen LogP contribution in [0.3, 0.4) is 0 Å². The van der Waals surface area contributed by atoms with E-state index < -0.39 is 0 Å². The standard InChI is InChI=1S/C13H13N/c1-2-6-12-10-13(9-11(12)5-1)14-7-3-4-8-14/h1-8,13H,9-10H2. The van der Waals surface area contributed by atoms with Crippen LogP contribution in [0.2, 0.25) is 0 Å². The Morgan fingerprint density at radius 1 is 0.857 bits per heavy atom. The van der Waals surface area contributed by atoms with Crippen LogP contribution in [0.25, 0.3) is 0 Å². The van der Waals surface area contributed by atoms with Gasteiger partial charge in [0.2, 0.25) is 0 Å². The van der Waals surface area contributed by atoms with Crippen molar-refractivity contribution in [3.63, 3.8) is 0 Å². The highest BCUT2D eigenvalue weighted by Crippen LogP contribution is 2.29. The van der Waals surface area contributed by atoms with E-state index in [2.05, 4.69) is 53.4 Å². The zero-order chi connectivity index (χ0) is 9.38. The monoisotopic (exact) mass is 183 g/mol. The van der Waals surface area contributed by atoms with Gasteiger partial charge < -0.3 is 4.57 Å². The normalized spacial score (nSPS) is 15.7. The predicted octanol–water partition coefficient (Wildman–Crippen LogP) is 2.83. The van der Waals surface area contributed by atoms with Crippen LogP contribution >= 0.6 is 0 Å². The number of benzene rings is 1. The van der Waals surface area contributed by atoms with Gasteiger partial charge in [-0.1, -0.05) is 24.3 Å². The maximum atomic E-state index is 2.32. The zero-order valence-corrected chi connectivity index (χ0v) is 8.06. The molecule has 1 aromatic carbocycles. The number of rotatable bonds is 1. The van der Waals surface area contributed by atoms with Crippen LogP contribution in [0.15, 0.2) is 48.8 Å². The van der Waals surface area contributed by atoms with Gasteiger partial charge in [0.05, 0.1) is 0 Å². The molecule has 0 saturated carbocycles.